The van der Waals surface area contributed by atoms with Gasteiger partial charge in [0, 0.05) is 25.3 Å². The average molecular weight is 473 g/mol. The van der Waals surface area contributed by atoms with Crippen molar-refractivity contribution in [1.82, 2.24) is 10.2 Å². The average Bonchev–Trinajstić information content (AvgIpc) is 2.81. The number of dihydropyridines is 1. The summed E-state index contributed by atoms with van der Waals surface area (Å²) >= 11 is 0. The van der Waals surface area contributed by atoms with Crippen molar-refractivity contribution in [2.24, 2.45) is 0 Å². The number of rotatable bonds is 7. The lowest BCUT2D eigenvalue weighted by Crippen LogP contribution is -2.45. The number of benzene rings is 2. The maximum absolute atomic E-state index is 13.1. The molecule has 8 heteroatoms. The molecule has 0 amide bonds. The quantitative estimate of drug-likeness (QED) is 0.593. The number of aliphatic carboxylic acids is 1. The number of fused-ring (bicyclic) bond motifs is 1. The number of carboxylic acids is 1. The number of ether oxygens (including phenoxy) is 1. The molecule has 0 aliphatic carbocycles. The van der Waals surface area contributed by atoms with E-state index in [9.17, 15) is 18.0 Å². The van der Waals surface area contributed by atoms with Crippen molar-refractivity contribution < 1.29 is 27.8 Å². The van der Waals surface area contributed by atoms with Crippen LogP contribution in [0.5, 0.6) is 5.75 Å². The van der Waals surface area contributed by atoms with Gasteiger partial charge in [-0.3, -0.25) is 9.69 Å². The Morgan fingerprint density at radius 1 is 1.18 bits per heavy atom. The molecule has 0 aromatic heterocycles. The van der Waals surface area contributed by atoms with Crippen molar-refractivity contribution in [2.45, 2.75) is 38.6 Å². The Hall–Kier alpha value is -3.26. The van der Waals surface area contributed by atoms with Crippen molar-refractivity contribution in [1.29, 1.82) is 0 Å². The van der Waals surface area contributed by atoms with Crippen LogP contribution in [0.25, 0.3) is 5.70 Å². The Morgan fingerprint density at radius 3 is 2.65 bits per heavy atom. The van der Waals surface area contributed by atoms with Crippen LogP contribution in [0.15, 0.2) is 60.2 Å². The van der Waals surface area contributed by atoms with Gasteiger partial charge in [-0.25, -0.2) is 0 Å². The molecule has 4 rings (SSSR count). The molecule has 2 aromatic carbocycles. The summed E-state index contributed by atoms with van der Waals surface area (Å²) in [6, 6.07) is 11.8. The van der Waals surface area contributed by atoms with Crippen LogP contribution in [0.4, 0.5) is 13.2 Å². The number of likely N-dealkylation sites (tertiary alicyclic amines) is 1. The van der Waals surface area contributed by atoms with Crippen LogP contribution in [-0.2, 0) is 17.6 Å². The van der Waals surface area contributed by atoms with Crippen LogP contribution in [0.1, 0.15) is 35.1 Å². The summed E-state index contributed by atoms with van der Waals surface area (Å²) in [6.07, 6.45) is 0.791. The lowest BCUT2D eigenvalue weighted by Gasteiger charge is -2.37. The van der Waals surface area contributed by atoms with E-state index in [0.29, 0.717) is 17.9 Å². The van der Waals surface area contributed by atoms with E-state index in [0.717, 1.165) is 36.8 Å². The van der Waals surface area contributed by atoms with E-state index in [1.54, 1.807) is 6.07 Å². The molecule has 34 heavy (non-hydrogen) atoms. The van der Waals surface area contributed by atoms with Crippen LogP contribution < -0.4 is 10.1 Å². The zero-order valence-corrected chi connectivity index (χ0v) is 18.9. The smallest absolute Gasteiger partial charge is 0.416 e. The van der Waals surface area contributed by atoms with E-state index < -0.39 is 17.7 Å². The summed E-state index contributed by atoms with van der Waals surface area (Å²) < 4.78 is 45.1. The van der Waals surface area contributed by atoms with Crippen LogP contribution in [-0.4, -0.2) is 41.7 Å². The summed E-state index contributed by atoms with van der Waals surface area (Å²) in [5.41, 5.74) is 3.28. The molecule has 1 atom stereocenters. The molecule has 180 valence electrons. The number of hydrogen-bond acceptors (Lipinski definition) is 4. The molecule has 0 spiro atoms. The number of hydrogen-bond donors (Lipinski definition) is 2. The summed E-state index contributed by atoms with van der Waals surface area (Å²) in [6.45, 7) is 3.68. The van der Waals surface area contributed by atoms with Gasteiger partial charge in [-0.15, -0.1) is 0 Å². The third-order valence-corrected chi connectivity index (χ3v) is 6.33. The lowest BCUT2D eigenvalue weighted by atomic mass is 9.93. The topological polar surface area (TPSA) is 61.8 Å². The Balaban J connectivity index is 1.38. The Labute approximate surface area is 196 Å². The molecule has 0 radical (unpaired) electrons. The molecule has 2 N–H and O–H groups in total. The van der Waals surface area contributed by atoms with Gasteiger partial charge >= 0.3 is 12.1 Å². The first kappa shape index (κ1) is 23.9. The molecule has 5 nitrogen and oxygen atoms in total. The lowest BCUT2D eigenvalue weighted by molar-refractivity contribution is -0.138. The highest BCUT2D eigenvalue weighted by atomic mass is 19.4. The number of alkyl halides is 3. The van der Waals surface area contributed by atoms with Gasteiger partial charge in [0.15, 0.2) is 0 Å². The molecule has 1 fully saturated rings. The van der Waals surface area contributed by atoms with Gasteiger partial charge in [-0.1, -0.05) is 18.2 Å². The molecule has 1 unspecified atom stereocenters. The first-order valence-electron chi connectivity index (χ1n) is 11.2. The number of carbonyl (C=O) groups is 1. The van der Waals surface area contributed by atoms with E-state index in [2.05, 4.69) is 16.3 Å². The van der Waals surface area contributed by atoms with Gasteiger partial charge in [-0.05, 0) is 72.0 Å². The normalized spacial score (nSPS) is 18.4. The Kier molecular flexibility index (Phi) is 6.97. The molecular formula is C26H27F3N2O3. The molecule has 0 saturated carbocycles. The van der Waals surface area contributed by atoms with Crippen molar-refractivity contribution >= 4 is 11.7 Å². The van der Waals surface area contributed by atoms with E-state index in [1.807, 2.05) is 30.3 Å². The van der Waals surface area contributed by atoms with Crippen LogP contribution in [0, 0.1) is 6.92 Å². The van der Waals surface area contributed by atoms with Gasteiger partial charge in [-0.2, -0.15) is 13.2 Å². The van der Waals surface area contributed by atoms with Crippen LogP contribution >= 0.6 is 0 Å². The highest BCUT2D eigenvalue weighted by Crippen LogP contribution is 2.33. The first-order chi connectivity index (χ1) is 16.2. The second-order valence-corrected chi connectivity index (χ2v) is 8.63. The van der Waals surface area contributed by atoms with E-state index >= 15 is 0 Å². The zero-order chi connectivity index (χ0) is 24.3. The molecule has 1 saturated heterocycles. The Morgan fingerprint density at radius 2 is 1.94 bits per heavy atom. The van der Waals surface area contributed by atoms with E-state index in [1.165, 1.54) is 18.6 Å². The van der Waals surface area contributed by atoms with Gasteiger partial charge in [0.2, 0.25) is 0 Å². The summed E-state index contributed by atoms with van der Waals surface area (Å²) in [5.74, 6) is -0.197. The molecule has 0 bridgehead atoms. The number of allylic oxidation sites excluding steroid dienone is 2. The maximum atomic E-state index is 13.1. The zero-order valence-electron chi connectivity index (χ0n) is 18.9. The van der Waals surface area contributed by atoms with Gasteiger partial charge < -0.3 is 15.2 Å². The highest BCUT2D eigenvalue weighted by molar-refractivity contribution is 5.69. The van der Waals surface area contributed by atoms with Crippen molar-refractivity contribution in [3.63, 3.8) is 0 Å². The second kappa shape index (κ2) is 9.93. The molecule has 2 aliphatic heterocycles. The molecule has 2 heterocycles. The van der Waals surface area contributed by atoms with Gasteiger partial charge in [0.05, 0.1) is 18.0 Å². The fourth-order valence-corrected chi connectivity index (χ4v) is 4.37. The summed E-state index contributed by atoms with van der Waals surface area (Å²) in [7, 11) is 0. The molecule has 2 aromatic rings. The number of halogens is 3. The second-order valence-electron chi connectivity index (χ2n) is 8.63. The standard InChI is InChI=1S/C26H27F3N2O3/c1-17-20(3-2-4-22(17)26(27,28)29)16-34-21-8-5-18(6-9-21)23-10-7-19-15-31(14-12-25(32)33)13-11-24(19)30-23/h2-10,24,30H,11-16H2,1H3,(H,32,33). The third-order valence-electron chi connectivity index (χ3n) is 6.33. The van der Waals surface area contributed by atoms with Gasteiger partial charge in [0.1, 0.15) is 12.4 Å². The molecular weight excluding hydrogens is 445 g/mol. The van der Waals surface area contributed by atoms with Crippen molar-refractivity contribution in [2.75, 3.05) is 19.6 Å². The van der Waals surface area contributed by atoms with E-state index in [-0.39, 0.29) is 24.6 Å². The first-order valence-corrected chi connectivity index (χ1v) is 11.2. The predicted molar refractivity (Wildman–Crippen MR) is 123 cm³/mol. The fraction of sp³-hybridized carbons (Fsp3) is 0.346. The van der Waals surface area contributed by atoms with Gasteiger partial charge in [0.25, 0.3) is 0 Å². The van der Waals surface area contributed by atoms with Crippen LogP contribution in [0.3, 0.4) is 0 Å². The minimum atomic E-state index is -4.38. The summed E-state index contributed by atoms with van der Waals surface area (Å²) in [4.78, 5) is 13.0. The number of nitrogens with zero attached hydrogens (tertiary/aromatic N) is 1. The van der Waals surface area contributed by atoms with E-state index in [4.69, 9.17) is 9.84 Å². The Bertz CT molecular complexity index is 1110. The minimum absolute atomic E-state index is 0.0581. The SMILES string of the molecule is Cc1c(COc2ccc(C3=CC=C4CN(CCC(=O)O)CCC4N3)cc2)cccc1C(F)(F)F. The van der Waals surface area contributed by atoms with Crippen molar-refractivity contribution in [3.05, 3.63) is 82.4 Å². The maximum Gasteiger partial charge on any atom is 0.416 e. The summed E-state index contributed by atoms with van der Waals surface area (Å²) in [5, 5.41) is 12.5. The number of carboxylic acid groups (broad SMARTS) is 1. The fourth-order valence-electron chi connectivity index (χ4n) is 4.37. The predicted octanol–water partition coefficient (Wildman–Crippen LogP) is 5.01. The minimum Gasteiger partial charge on any atom is -0.489 e. The monoisotopic (exact) mass is 472 g/mol. The third kappa shape index (κ3) is 5.62. The number of nitrogens with one attached hydrogen (secondary N) is 1. The molecule has 2 aliphatic rings. The van der Waals surface area contributed by atoms with Crippen LogP contribution in [0.2, 0.25) is 0 Å². The largest absolute Gasteiger partial charge is 0.489 e. The number of piperidine rings is 1. The van der Waals surface area contributed by atoms with Crippen molar-refractivity contribution in [3.8, 4) is 5.75 Å². The highest BCUT2D eigenvalue weighted by Gasteiger charge is 2.32.